The van der Waals surface area contributed by atoms with Gasteiger partial charge in [-0.15, -0.1) is 0 Å². The molecule has 0 fully saturated rings. The molecule has 4 nitrogen and oxygen atoms in total. The van der Waals surface area contributed by atoms with Crippen molar-refractivity contribution in [3.63, 3.8) is 0 Å². The van der Waals surface area contributed by atoms with Crippen molar-refractivity contribution in [3.8, 4) is 0 Å². The molecule has 4 heteroatoms. The summed E-state index contributed by atoms with van der Waals surface area (Å²) in [5.41, 5.74) is 5.08. The summed E-state index contributed by atoms with van der Waals surface area (Å²) in [7, 11) is 0. The Labute approximate surface area is 189 Å². The summed E-state index contributed by atoms with van der Waals surface area (Å²) in [5.74, 6) is -0.295. The molecule has 32 heavy (non-hydrogen) atoms. The van der Waals surface area contributed by atoms with E-state index in [1.165, 1.54) is 0 Å². The van der Waals surface area contributed by atoms with Crippen LogP contribution in [0.1, 0.15) is 72.4 Å². The number of allylic oxidation sites excluding steroid dienone is 4. The van der Waals surface area contributed by atoms with Crippen molar-refractivity contribution in [2.45, 2.75) is 52.6 Å². The minimum atomic E-state index is -0.149. The zero-order valence-corrected chi connectivity index (χ0v) is 19.1. The molecule has 0 aromatic heterocycles. The van der Waals surface area contributed by atoms with Crippen LogP contribution in [0.5, 0.6) is 0 Å². The molecule has 0 N–H and O–H groups in total. The van der Waals surface area contributed by atoms with Gasteiger partial charge in [0.05, 0.1) is 17.5 Å². The number of carbonyl (C=O) groups excluding carboxylic acids is 2. The van der Waals surface area contributed by atoms with Gasteiger partial charge in [-0.1, -0.05) is 62.4 Å². The number of nitrogens with zero attached hydrogens (tertiary/aromatic N) is 2. The van der Waals surface area contributed by atoms with Gasteiger partial charge in [0.15, 0.2) is 11.6 Å². The van der Waals surface area contributed by atoms with Crippen molar-refractivity contribution in [1.29, 1.82) is 0 Å². The standard InChI is InChI=1S/C28H28N2O2/c1-5-18(6-2)30-26-16-24(28(32)22-14-10-8-12-20(22)26)23-15-25(29-17(3)4)19-11-7-9-13-21(19)27(23)31/h7-18H,5-6H2,1-4H3/b29-25+,30-26+. The number of carbonyl (C=O) groups is 2. The Balaban J connectivity index is 1.92. The number of rotatable bonds is 5. The molecule has 0 spiro atoms. The number of hydrogen-bond acceptors (Lipinski definition) is 4. The van der Waals surface area contributed by atoms with Gasteiger partial charge in [-0.2, -0.15) is 0 Å². The van der Waals surface area contributed by atoms with Gasteiger partial charge in [0.1, 0.15) is 0 Å². The van der Waals surface area contributed by atoms with Gasteiger partial charge in [0, 0.05) is 39.4 Å². The van der Waals surface area contributed by atoms with Crippen molar-refractivity contribution in [2.75, 3.05) is 0 Å². The lowest BCUT2D eigenvalue weighted by molar-refractivity contribution is 0.0996. The SMILES string of the molecule is CCC(CC)/N=C1\C=C(C2=C/C(=N\C(C)C)c3ccccc3C2=O)C(=O)c2ccccc21. The van der Waals surface area contributed by atoms with Crippen LogP contribution in [0.3, 0.4) is 0 Å². The van der Waals surface area contributed by atoms with Crippen LogP contribution in [0.4, 0.5) is 0 Å². The van der Waals surface area contributed by atoms with Crippen LogP contribution in [0.2, 0.25) is 0 Å². The van der Waals surface area contributed by atoms with E-state index < -0.39 is 0 Å². The Morgan fingerprint density at radius 1 is 0.656 bits per heavy atom. The zero-order chi connectivity index (χ0) is 22.8. The molecule has 162 valence electrons. The van der Waals surface area contributed by atoms with E-state index in [1.54, 1.807) is 12.2 Å². The molecule has 0 aliphatic heterocycles. The second-order valence-electron chi connectivity index (χ2n) is 8.46. The molecule has 2 aliphatic rings. The van der Waals surface area contributed by atoms with Crippen LogP contribution in [0, 0.1) is 0 Å². The molecule has 0 bridgehead atoms. The predicted molar refractivity (Wildman–Crippen MR) is 130 cm³/mol. The van der Waals surface area contributed by atoms with Crippen LogP contribution < -0.4 is 0 Å². The average Bonchev–Trinajstić information content (AvgIpc) is 2.80. The largest absolute Gasteiger partial charge is 0.289 e. The number of Topliss-reactive ketones (excluding diaryl/α,β-unsaturated/α-hetero) is 2. The van der Waals surface area contributed by atoms with Crippen molar-refractivity contribution < 1.29 is 9.59 Å². The van der Waals surface area contributed by atoms with Crippen molar-refractivity contribution in [3.05, 3.63) is 94.1 Å². The Morgan fingerprint density at radius 2 is 1.06 bits per heavy atom. The third kappa shape index (κ3) is 3.93. The van der Waals surface area contributed by atoms with Gasteiger partial charge >= 0.3 is 0 Å². The molecular weight excluding hydrogens is 396 g/mol. The number of hydrogen-bond donors (Lipinski definition) is 0. The second kappa shape index (κ2) is 8.99. The van der Waals surface area contributed by atoms with Crippen LogP contribution in [0.25, 0.3) is 0 Å². The highest BCUT2D eigenvalue weighted by Crippen LogP contribution is 2.32. The Morgan fingerprint density at radius 3 is 1.47 bits per heavy atom. The molecule has 0 radical (unpaired) electrons. The van der Waals surface area contributed by atoms with E-state index in [1.807, 2.05) is 62.4 Å². The molecule has 0 unspecified atom stereocenters. The maximum atomic E-state index is 13.5. The summed E-state index contributed by atoms with van der Waals surface area (Å²) in [6.45, 7) is 8.23. The second-order valence-corrected chi connectivity index (χ2v) is 8.46. The van der Waals surface area contributed by atoms with Gasteiger partial charge < -0.3 is 0 Å². The topological polar surface area (TPSA) is 58.9 Å². The highest BCUT2D eigenvalue weighted by molar-refractivity contribution is 6.35. The fourth-order valence-corrected chi connectivity index (χ4v) is 4.22. The number of ketones is 2. The van der Waals surface area contributed by atoms with E-state index in [9.17, 15) is 9.59 Å². The van der Waals surface area contributed by atoms with E-state index in [4.69, 9.17) is 9.98 Å². The molecule has 2 aliphatic carbocycles. The molecule has 0 heterocycles. The number of fused-ring (bicyclic) bond motifs is 2. The Kier molecular flexibility index (Phi) is 6.13. The Bertz CT molecular complexity index is 1210. The number of aliphatic imine (C=N–C) groups is 2. The molecule has 2 aromatic rings. The summed E-state index contributed by atoms with van der Waals surface area (Å²) in [6.07, 6.45) is 5.41. The average molecular weight is 425 g/mol. The molecule has 0 atom stereocenters. The molecule has 0 amide bonds. The summed E-state index contributed by atoms with van der Waals surface area (Å²) in [4.78, 5) is 36.7. The third-order valence-corrected chi connectivity index (χ3v) is 5.90. The highest BCUT2D eigenvalue weighted by atomic mass is 16.1. The van der Waals surface area contributed by atoms with Gasteiger partial charge in [0.25, 0.3) is 0 Å². The van der Waals surface area contributed by atoms with E-state index in [0.717, 1.165) is 35.4 Å². The first-order valence-corrected chi connectivity index (χ1v) is 11.3. The first-order valence-electron chi connectivity index (χ1n) is 11.3. The first kappa shape index (κ1) is 21.8. The molecule has 4 rings (SSSR count). The maximum absolute atomic E-state index is 13.5. The van der Waals surface area contributed by atoms with Crippen molar-refractivity contribution >= 4 is 23.0 Å². The lowest BCUT2D eigenvalue weighted by Crippen LogP contribution is -2.26. The fourth-order valence-electron chi connectivity index (χ4n) is 4.22. The third-order valence-electron chi connectivity index (χ3n) is 5.90. The van der Waals surface area contributed by atoms with Gasteiger partial charge in [-0.05, 0) is 38.8 Å². The quantitative estimate of drug-likeness (QED) is 0.608. The lowest BCUT2D eigenvalue weighted by atomic mass is 9.79. The van der Waals surface area contributed by atoms with Crippen molar-refractivity contribution in [2.24, 2.45) is 9.98 Å². The monoisotopic (exact) mass is 424 g/mol. The first-order chi connectivity index (χ1) is 15.4. The molecule has 2 aromatic carbocycles. The van der Waals surface area contributed by atoms with E-state index in [0.29, 0.717) is 22.3 Å². The highest BCUT2D eigenvalue weighted by Gasteiger charge is 2.33. The van der Waals surface area contributed by atoms with Crippen molar-refractivity contribution in [1.82, 2.24) is 0 Å². The lowest BCUT2D eigenvalue weighted by Gasteiger charge is -2.23. The molecular formula is C28H28N2O2. The number of benzene rings is 2. The molecule has 0 saturated carbocycles. The van der Waals surface area contributed by atoms with Crippen LogP contribution >= 0.6 is 0 Å². The fraction of sp³-hybridized carbons (Fsp3) is 0.286. The van der Waals surface area contributed by atoms with Crippen LogP contribution in [0.15, 0.2) is 81.8 Å². The smallest absolute Gasteiger partial charge is 0.194 e. The van der Waals surface area contributed by atoms with E-state index in [2.05, 4.69) is 13.8 Å². The Hall–Kier alpha value is -3.40. The summed E-state index contributed by atoms with van der Waals surface area (Å²) in [6, 6.07) is 15.2. The van der Waals surface area contributed by atoms with Crippen LogP contribution in [-0.4, -0.2) is 35.1 Å². The summed E-state index contributed by atoms with van der Waals surface area (Å²) in [5, 5.41) is 0. The predicted octanol–water partition coefficient (Wildman–Crippen LogP) is 5.81. The minimum absolute atomic E-state index is 0.0625. The van der Waals surface area contributed by atoms with E-state index in [-0.39, 0.29) is 23.7 Å². The van der Waals surface area contributed by atoms with E-state index >= 15 is 0 Å². The van der Waals surface area contributed by atoms with Gasteiger partial charge in [-0.3, -0.25) is 19.6 Å². The molecule has 0 saturated heterocycles. The van der Waals surface area contributed by atoms with Crippen LogP contribution in [-0.2, 0) is 0 Å². The van der Waals surface area contributed by atoms with Gasteiger partial charge in [0.2, 0.25) is 0 Å². The zero-order valence-electron chi connectivity index (χ0n) is 19.1. The summed E-state index contributed by atoms with van der Waals surface area (Å²) < 4.78 is 0. The normalized spacial score (nSPS) is 18.2. The minimum Gasteiger partial charge on any atom is -0.289 e. The van der Waals surface area contributed by atoms with Gasteiger partial charge in [-0.25, -0.2) is 0 Å². The summed E-state index contributed by atoms with van der Waals surface area (Å²) >= 11 is 0. The maximum Gasteiger partial charge on any atom is 0.194 e.